The van der Waals surface area contributed by atoms with E-state index in [-0.39, 0.29) is 12.2 Å². The highest BCUT2D eigenvalue weighted by Crippen LogP contribution is 2.19. The monoisotopic (exact) mass is 449 g/mol. The summed E-state index contributed by atoms with van der Waals surface area (Å²) in [5, 5.41) is 33.9. The minimum absolute atomic E-state index is 0.0848. The zero-order chi connectivity index (χ0) is 23.7. The number of aliphatic hydroxyl groups excluding tert-OH is 1. The van der Waals surface area contributed by atoms with Crippen molar-refractivity contribution < 1.29 is 38.6 Å². The van der Waals surface area contributed by atoms with Crippen LogP contribution in [0.15, 0.2) is 48.5 Å². The first-order valence-corrected chi connectivity index (χ1v) is 9.25. The van der Waals surface area contributed by atoms with Gasteiger partial charge in [-0.3, -0.25) is 14.9 Å². The van der Waals surface area contributed by atoms with Crippen molar-refractivity contribution >= 4 is 23.7 Å². The number of amides is 2. The predicted molar refractivity (Wildman–Crippen MR) is 107 cm³/mol. The van der Waals surface area contributed by atoms with Crippen molar-refractivity contribution in [1.82, 2.24) is 10.6 Å². The molecule has 0 spiro atoms. The van der Waals surface area contributed by atoms with Crippen molar-refractivity contribution in [3.8, 4) is 0 Å². The Labute approximate surface area is 181 Å². The van der Waals surface area contributed by atoms with Crippen LogP contribution in [-0.4, -0.2) is 51.8 Å². The molecule has 0 heterocycles. The predicted octanol–water partition coefficient (Wildman–Crippen LogP) is 1.13. The van der Waals surface area contributed by atoms with Crippen molar-refractivity contribution in [3.63, 3.8) is 0 Å². The average molecular weight is 449 g/mol. The Morgan fingerprint density at radius 3 is 2.34 bits per heavy atom. The number of alkyl carbamates (subject to hydrolysis) is 1. The summed E-state index contributed by atoms with van der Waals surface area (Å²) in [4.78, 5) is 45.6. The van der Waals surface area contributed by atoms with E-state index in [1.807, 2.05) is 0 Å². The number of aliphatic hydroxyl groups is 1. The topological polar surface area (TPSA) is 168 Å². The molecule has 0 aromatic heterocycles. The lowest BCUT2D eigenvalue weighted by Gasteiger charge is -2.20. The molecule has 11 nitrogen and oxygen atoms in total. The van der Waals surface area contributed by atoms with Gasteiger partial charge in [-0.2, -0.15) is 4.39 Å². The lowest BCUT2D eigenvalue weighted by atomic mass is 10.0. The molecule has 0 radical (unpaired) electrons. The van der Waals surface area contributed by atoms with Gasteiger partial charge in [0, 0.05) is 12.5 Å². The molecule has 2 rings (SSSR count). The summed E-state index contributed by atoms with van der Waals surface area (Å²) in [6, 6.07) is 8.42. The maximum atomic E-state index is 13.5. The van der Waals surface area contributed by atoms with Gasteiger partial charge in [-0.1, -0.05) is 36.4 Å². The molecule has 0 fully saturated rings. The molecule has 12 heteroatoms. The number of nitro benzene ring substituents is 1. The number of hydrogen-bond acceptors (Lipinski definition) is 7. The highest BCUT2D eigenvalue weighted by molar-refractivity contribution is 5.89. The minimum Gasteiger partial charge on any atom is -0.480 e. The minimum atomic E-state index is -1.57. The van der Waals surface area contributed by atoms with Crippen LogP contribution < -0.4 is 10.6 Å². The fraction of sp³-hybridized carbons (Fsp3) is 0.250. The van der Waals surface area contributed by atoms with Gasteiger partial charge in [0.25, 0.3) is 0 Å². The number of nitrogens with zero attached hydrogens (tertiary/aromatic N) is 1. The van der Waals surface area contributed by atoms with Gasteiger partial charge >= 0.3 is 17.7 Å². The summed E-state index contributed by atoms with van der Waals surface area (Å²) in [6.07, 6.45) is -1.41. The molecule has 32 heavy (non-hydrogen) atoms. The number of nitro groups is 1. The van der Waals surface area contributed by atoms with E-state index < -0.39 is 59.5 Å². The number of halogens is 1. The van der Waals surface area contributed by atoms with Crippen LogP contribution in [0.5, 0.6) is 0 Å². The van der Waals surface area contributed by atoms with Crippen LogP contribution in [0.1, 0.15) is 11.1 Å². The highest BCUT2D eigenvalue weighted by atomic mass is 19.1. The molecule has 2 aromatic rings. The number of ether oxygens (including phenoxy) is 1. The summed E-state index contributed by atoms with van der Waals surface area (Å²) in [5.74, 6) is -3.59. The summed E-state index contributed by atoms with van der Waals surface area (Å²) in [5.41, 5.74) is -0.0670. The van der Waals surface area contributed by atoms with Crippen LogP contribution in [0, 0.1) is 15.9 Å². The van der Waals surface area contributed by atoms with Crippen molar-refractivity contribution in [2.45, 2.75) is 25.1 Å². The third-order valence-corrected chi connectivity index (χ3v) is 4.27. The molecular formula is C20H20FN3O8. The van der Waals surface area contributed by atoms with E-state index in [9.17, 15) is 39.1 Å². The Kier molecular flexibility index (Phi) is 8.60. The molecule has 2 amide bonds. The molecule has 0 unspecified atom stereocenters. The molecular weight excluding hydrogens is 429 g/mol. The van der Waals surface area contributed by atoms with Gasteiger partial charge in [0.05, 0.1) is 11.5 Å². The van der Waals surface area contributed by atoms with Crippen LogP contribution >= 0.6 is 0 Å². The van der Waals surface area contributed by atoms with Crippen LogP contribution in [-0.2, 0) is 27.4 Å². The SMILES string of the molecule is O=C(N[C@@H](CO)C(=O)N[C@@H](Cc1ccc(F)c([N+](=O)[O-])c1)C(=O)O)OCc1ccccc1. The van der Waals surface area contributed by atoms with Gasteiger partial charge in [0.1, 0.15) is 18.7 Å². The molecule has 4 N–H and O–H groups in total. The number of benzene rings is 2. The lowest BCUT2D eigenvalue weighted by molar-refractivity contribution is -0.387. The van der Waals surface area contributed by atoms with Gasteiger partial charge in [0.15, 0.2) is 0 Å². The van der Waals surface area contributed by atoms with Gasteiger partial charge < -0.3 is 25.6 Å². The number of nitrogens with one attached hydrogen (secondary N) is 2. The number of carbonyl (C=O) groups excluding carboxylic acids is 2. The van der Waals surface area contributed by atoms with Crippen molar-refractivity contribution in [2.75, 3.05) is 6.61 Å². The van der Waals surface area contributed by atoms with Crippen LogP contribution in [0.2, 0.25) is 0 Å². The molecule has 0 bridgehead atoms. The van der Waals surface area contributed by atoms with Gasteiger partial charge in [-0.05, 0) is 17.2 Å². The number of rotatable bonds is 10. The van der Waals surface area contributed by atoms with Crippen molar-refractivity contribution in [3.05, 3.63) is 75.6 Å². The van der Waals surface area contributed by atoms with Gasteiger partial charge in [0.2, 0.25) is 11.7 Å². The van der Waals surface area contributed by atoms with Gasteiger partial charge in [-0.25, -0.2) is 9.59 Å². The van der Waals surface area contributed by atoms with E-state index >= 15 is 0 Å². The molecule has 0 aliphatic rings. The maximum Gasteiger partial charge on any atom is 0.408 e. The van der Waals surface area contributed by atoms with Crippen LogP contribution in [0.4, 0.5) is 14.9 Å². The first-order chi connectivity index (χ1) is 15.2. The van der Waals surface area contributed by atoms with Crippen LogP contribution in [0.25, 0.3) is 0 Å². The standard InChI is InChI=1S/C20H20FN3O8/c21-14-7-6-13(9-17(14)24(30)31)8-15(19(27)28)22-18(26)16(10-25)23-20(29)32-11-12-4-2-1-3-5-12/h1-7,9,15-16,25H,8,10-11H2,(H,22,26)(H,23,29)(H,27,28)/t15-,16-/m0/s1. The smallest absolute Gasteiger partial charge is 0.408 e. The number of carboxylic acids is 1. The third-order valence-electron chi connectivity index (χ3n) is 4.27. The second kappa shape index (κ2) is 11.4. The Bertz CT molecular complexity index is 986. The second-order valence-corrected chi connectivity index (χ2v) is 6.59. The molecule has 0 aliphatic carbocycles. The van der Waals surface area contributed by atoms with E-state index in [2.05, 4.69) is 10.6 Å². The van der Waals surface area contributed by atoms with Gasteiger partial charge in [-0.15, -0.1) is 0 Å². The van der Waals surface area contributed by atoms with E-state index in [1.54, 1.807) is 30.3 Å². The van der Waals surface area contributed by atoms with Crippen molar-refractivity contribution in [2.24, 2.45) is 0 Å². The third kappa shape index (κ3) is 7.02. The molecule has 0 aliphatic heterocycles. The Morgan fingerprint density at radius 2 is 1.75 bits per heavy atom. The Morgan fingerprint density at radius 1 is 1.06 bits per heavy atom. The second-order valence-electron chi connectivity index (χ2n) is 6.59. The zero-order valence-electron chi connectivity index (χ0n) is 16.6. The number of hydrogen-bond donors (Lipinski definition) is 4. The Hall–Kier alpha value is -4.06. The van der Waals surface area contributed by atoms with Crippen LogP contribution in [0.3, 0.4) is 0 Å². The fourth-order valence-corrected chi connectivity index (χ4v) is 2.63. The highest BCUT2D eigenvalue weighted by Gasteiger charge is 2.27. The normalized spacial score (nSPS) is 12.3. The summed E-state index contributed by atoms with van der Waals surface area (Å²) in [6.45, 7) is -0.936. The van der Waals surface area contributed by atoms with E-state index in [0.717, 1.165) is 18.2 Å². The maximum absolute atomic E-state index is 13.5. The number of aliphatic carboxylic acids is 1. The number of carboxylic acid groups (broad SMARTS) is 1. The van der Waals surface area contributed by atoms with Crippen molar-refractivity contribution in [1.29, 1.82) is 0 Å². The number of carbonyl (C=O) groups is 3. The molecule has 2 atom stereocenters. The van der Waals surface area contributed by atoms with E-state index in [0.29, 0.717) is 5.56 Å². The summed E-state index contributed by atoms with van der Waals surface area (Å²) >= 11 is 0. The Balaban J connectivity index is 1.99. The largest absolute Gasteiger partial charge is 0.480 e. The van der Waals surface area contributed by atoms with E-state index in [1.165, 1.54) is 0 Å². The fourth-order valence-electron chi connectivity index (χ4n) is 2.63. The quantitative estimate of drug-likeness (QED) is 0.309. The summed E-state index contributed by atoms with van der Waals surface area (Å²) < 4.78 is 18.4. The molecule has 2 aromatic carbocycles. The summed E-state index contributed by atoms with van der Waals surface area (Å²) in [7, 11) is 0. The first kappa shape index (κ1) is 24.2. The zero-order valence-corrected chi connectivity index (χ0v) is 16.6. The average Bonchev–Trinajstić information content (AvgIpc) is 2.77. The molecule has 170 valence electrons. The first-order valence-electron chi connectivity index (χ1n) is 9.25. The lowest BCUT2D eigenvalue weighted by Crippen LogP contribution is -2.53. The molecule has 0 saturated heterocycles. The molecule has 0 saturated carbocycles. The van der Waals surface area contributed by atoms with E-state index in [4.69, 9.17) is 4.74 Å².